The molecule has 0 aliphatic rings. The summed E-state index contributed by atoms with van der Waals surface area (Å²) in [5, 5.41) is 0. The van der Waals surface area contributed by atoms with Gasteiger partial charge in [-0.15, -0.1) is 0 Å². The molecular formula is C22H15F2NO. The Labute approximate surface area is 150 Å². The topological polar surface area (TPSA) is 29.4 Å². The van der Waals surface area contributed by atoms with Crippen molar-refractivity contribution in [3.05, 3.63) is 107 Å². The van der Waals surface area contributed by atoms with Crippen molar-refractivity contribution in [3.8, 4) is 0 Å². The number of allylic oxidation sites excluding steroid dienone is 1. The number of halogens is 2. The van der Waals surface area contributed by atoms with E-state index < -0.39 is 0 Å². The fraction of sp³-hybridized carbons (Fsp3) is 0. The molecule has 0 heterocycles. The molecule has 4 heteroatoms. The van der Waals surface area contributed by atoms with Gasteiger partial charge in [0.2, 0.25) is 0 Å². The lowest BCUT2D eigenvalue weighted by molar-refractivity contribution is 0.104. The van der Waals surface area contributed by atoms with Crippen molar-refractivity contribution >= 4 is 23.8 Å². The van der Waals surface area contributed by atoms with Crippen molar-refractivity contribution in [2.24, 2.45) is 4.99 Å². The highest BCUT2D eigenvalue weighted by Crippen LogP contribution is 2.15. The van der Waals surface area contributed by atoms with Crippen LogP contribution in [0.3, 0.4) is 0 Å². The molecule has 0 aliphatic heterocycles. The van der Waals surface area contributed by atoms with Gasteiger partial charge < -0.3 is 0 Å². The molecule has 0 bridgehead atoms. The number of aliphatic imine (C=N–C) groups is 1. The maximum Gasteiger partial charge on any atom is 0.185 e. The van der Waals surface area contributed by atoms with Crippen LogP contribution in [0.1, 0.15) is 21.5 Å². The first-order valence-electron chi connectivity index (χ1n) is 7.98. The van der Waals surface area contributed by atoms with Crippen molar-refractivity contribution in [1.82, 2.24) is 0 Å². The van der Waals surface area contributed by atoms with Gasteiger partial charge in [0.1, 0.15) is 11.6 Å². The lowest BCUT2D eigenvalue weighted by Crippen LogP contribution is -1.93. The van der Waals surface area contributed by atoms with Crippen LogP contribution in [0.25, 0.3) is 6.08 Å². The van der Waals surface area contributed by atoms with Crippen LogP contribution >= 0.6 is 0 Å². The highest BCUT2D eigenvalue weighted by molar-refractivity contribution is 6.07. The molecule has 3 rings (SSSR count). The van der Waals surface area contributed by atoms with Gasteiger partial charge in [-0.2, -0.15) is 0 Å². The molecule has 3 aromatic carbocycles. The fourth-order valence-corrected chi connectivity index (χ4v) is 2.25. The lowest BCUT2D eigenvalue weighted by atomic mass is 10.1. The molecule has 0 N–H and O–H groups in total. The molecular weight excluding hydrogens is 332 g/mol. The summed E-state index contributed by atoms with van der Waals surface area (Å²) in [4.78, 5) is 16.5. The molecule has 0 amide bonds. The molecule has 3 aromatic rings. The van der Waals surface area contributed by atoms with Crippen molar-refractivity contribution in [3.63, 3.8) is 0 Å². The summed E-state index contributed by atoms with van der Waals surface area (Å²) in [5.41, 5.74) is 2.76. The van der Waals surface area contributed by atoms with E-state index in [-0.39, 0.29) is 17.4 Å². The Morgan fingerprint density at radius 2 is 1.27 bits per heavy atom. The molecule has 0 fully saturated rings. The Morgan fingerprint density at radius 3 is 1.85 bits per heavy atom. The van der Waals surface area contributed by atoms with Crippen molar-refractivity contribution in [1.29, 1.82) is 0 Å². The smallest absolute Gasteiger partial charge is 0.185 e. The third kappa shape index (κ3) is 4.80. The van der Waals surface area contributed by atoms with Crippen LogP contribution < -0.4 is 0 Å². The molecule has 26 heavy (non-hydrogen) atoms. The number of rotatable bonds is 5. The minimum Gasteiger partial charge on any atom is -0.289 e. The predicted octanol–water partition coefficient (Wildman–Crippen LogP) is 5.61. The minimum absolute atomic E-state index is 0.150. The van der Waals surface area contributed by atoms with Crippen molar-refractivity contribution in [2.75, 3.05) is 0 Å². The zero-order chi connectivity index (χ0) is 18.4. The Kier molecular flexibility index (Phi) is 5.44. The summed E-state index contributed by atoms with van der Waals surface area (Å²) in [6, 6.07) is 18.8. The van der Waals surface area contributed by atoms with E-state index in [2.05, 4.69) is 4.99 Å². The van der Waals surface area contributed by atoms with Crippen LogP contribution in [0.15, 0.2) is 83.9 Å². The Morgan fingerprint density at radius 1 is 0.731 bits per heavy atom. The molecule has 0 spiro atoms. The first-order chi connectivity index (χ1) is 12.6. The van der Waals surface area contributed by atoms with Gasteiger partial charge in [-0.05, 0) is 65.7 Å². The quantitative estimate of drug-likeness (QED) is 0.335. The largest absolute Gasteiger partial charge is 0.289 e. The Hall–Kier alpha value is -3.40. The second kappa shape index (κ2) is 8.12. The Balaban J connectivity index is 1.65. The summed E-state index contributed by atoms with van der Waals surface area (Å²) >= 11 is 0. The summed E-state index contributed by atoms with van der Waals surface area (Å²) in [7, 11) is 0. The van der Waals surface area contributed by atoms with Gasteiger partial charge in [-0.1, -0.05) is 30.3 Å². The van der Waals surface area contributed by atoms with Gasteiger partial charge in [0.25, 0.3) is 0 Å². The first kappa shape index (κ1) is 17.4. The third-order valence-corrected chi connectivity index (χ3v) is 3.68. The number of carbonyl (C=O) groups excluding carboxylic acids is 1. The van der Waals surface area contributed by atoms with Crippen LogP contribution in [0.2, 0.25) is 0 Å². The minimum atomic E-state index is -0.315. The van der Waals surface area contributed by atoms with Gasteiger partial charge in [-0.3, -0.25) is 9.79 Å². The van der Waals surface area contributed by atoms with E-state index in [0.717, 1.165) is 11.1 Å². The molecule has 0 atom stereocenters. The van der Waals surface area contributed by atoms with Gasteiger partial charge >= 0.3 is 0 Å². The van der Waals surface area contributed by atoms with E-state index in [9.17, 15) is 13.6 Å². The molecule has 0 saturated heterocycles. The van der Waals surface area contributed by atoms with Gasteiger partial charge in [0.15, 0.2) is 5.78 Å². The van der Waals surface area contributed by atoms with Crippen LogP contribution in [-0.2, 0) is 0 Å². The maximum atomic E-state index is 12.9. The van der Waals surface area contributed by atoms with Gasteiger partial charge in [0, 0.05) is 11.8 Å². The predicted molar refractivity (Wildman–Crippen MR) is 99.9 cm³/mol. The van der Waals surface area contributed by atoms with Crippen LogP contribution in [0.4, 0.5) is 14.5 Å². The Bertz CT molecular complexity index is 941. The average molecular weight is 347 g/mol. The highest BCUT2D eigenvalue weighted by atomic mass is 19.1. The number of ketones is 1. The van der Waals surface area contributed by atoms with E-state index in [1.807, 2.05) is 0 Å². The lowest BCUT2D eigenvalue weighted by Gasteiger charge is -1.98. The number of hydrogen-bond donors (Lipinski definition) is 0. The second-order valence-corrected chi connectivity index (χ2v) is 5.61. The van der Waals surface area contributed by atoms with Gasteiger partial charge in [0.05, 0.1) is 5.69 Å². The summed E-state index contributed by atoms with van der Waals surface area (Å²) in [6.45, 7) is 0. The number of nitrogens with zero attached hydrogens (tertiary/aromatic N) is 1. The fourth-order valence-electron chi connectivity index (χ4n) is 2.25. The van der Waals surface area contributed by atoms with Crippen LogP contribution in [0.5, 0.6) is 0 Å². The van der Waals surface area contributed by atoms with Crippen molar-refractivity contribution < 1.29 is 13.6 Å². The molecule has 128 valence electrons. The molecule has 0 saturated carbocycles. The van der Waals surface area contributed by atoms with E-state index in [1.54, 1.807) is 60.8 Å². The second-order valence-electron chi connectivity index (χ2n) is 5.61. The first-order valence-corrected chi connectivity index (χ1v) is 7.98. The molecule has 0 aliphatic carbocycles. The van der Waals surface area contributed by atoms with E-state index in [0.29, 0.717) is 11.3 Å². The monoisotopic (exact) mass is 347 g/mol. The molecule has 0 radical (unpaired) electrons. The number of benzene rings is 3. The molecule has 0 unspecified atom stereocenters. The summed E-state index contributed by atoms with van der Waals surface area (Å²) < 4.78 is 25.7. The van der Waals surface area contributed by atoms with E-state index in [4.69, 9.17) is 0 Å². The third-order valence-electron chi connectivity index (χ3n) is 3.68. The number of hydrogen-bond acceptors (Lipinski definition) is 2. The summed E-state index contributed by atoms with van der Waals surface area (Å²) in [5.74, 6) is -0.757. The van der Waals surface area contributed by atoms with Gasteiger partial charge in [-0.25, -0.2) is 8.78 Å². The van der Waals surface area contributed by atoms with Crippen molar-refractivity contribution in [2.45, 2.75) is 0 Å². The standard InChI is InChI=1S/C22H15F2NO/c23-19-8-1-16(2-9-19)5-14-22(26)18-6-12-21(13-7-18)25-15-17-3-10-20(24)11-4-17/h1-15H/b14-5+,25-15?. The van der Waals surface area contributed by atoms with E-state index >= 15 is 0 Å². The van der Waals surface area contributed by atoms with Crippen LogP contribution in [-0.4, -0.2) is 12.0 Å². The zero-order valence-electron chi connectivity index (χ0n) is 13.8. The highest BCUT2D eigenvalue weighted by Gasteiger charge is 2.01. The maximum absolute atomic E-state index is 12.9. The SMILES string of the molecule is O=C(/C=C/c1ccc(F)cc1)c1ccc(N=Cc2ccc(F)cc2)cc1. The number of carbonyl (C=O) groups is 1. The zero-order valence-corrected chi connectivity index (χ0v) is 13.8. The summed E-state index contributed by atoms with van der Waals surface area (Å²) in [6.07, 6.45) is 4.72. The average Bonchev–Trinajstić information content (AvgIpc) is 2.67. The molecule has 0 aromatic heterocycles. The van der Waals surface area contributed by atoms with E-state index in [1.165, 1.54) is 30.3 Å². The molecule has 2 nitrogen and oxygen atoms in total. The van der Waals surface area contributed by atoms with Crippen LogP contribution in [0, 0.1) is 11.6 Å². The normalized spacial score (nSPS) is 11.3.